The number of ether oxygens (including phenoxy) is 1. The summed E-state index contributed by atoms with van der Waals surface area (Å²) in [5, 5.41) is 3.27. The maximum atomic E-state index is 13.2. The highest BCUT2D eigenvalue weighted by atomic mass is 35.5. The number of carbonyl (C=O) groups is 3. The fourth-order valence-electron chi connectivity index (χ4n) is 3.75. The lowest BCUT2D eigenvalue weighted by Crippen LogP contribution is -2.25. The van der Waals surface area contributed by atoms with E-state index >= 15 is 0 Å². The van der Waals surface area contributed by atoms with E-state index in [1.54, 1.807) is 68.4 Å². The fourth-order valence-corrected chi connectivity index (χ4v) is 3.94. The number of carbonyl (C=O) groups excluding carboxylic acids is 3. The van der Waals surface area contributed by atoms with Crippen molar-refractivity contribution in [1.29, 1.82) is 0 Å². The van der Waals surface area contributed by atoms with Gasteiger partial charge < -0.3 is 14.6 Å². The van der Waals surface area contributed by atoms with Crippen LogP contribution in [0, 0.1) is 6.92 Å². The van der Waals surface area contributed by atoms with Crippen LogP contribution in [0.25, 0.3) is 11.0 Å². The van der Waals surface area contributed by atoms with Crippen LogP contribution in [-0.2, 0) is 16.1 Å². The van der Waals surface area contributed by atoms with E-state index in [1.165, 1.54) is 16.8 Å². The van der Waals surface area contributed by atoms with Gasteiger partial charge in [0.25, 0.3) is 0 Å². The summed E-state index contributed by atoms with van der Waals surface area (Å²) in [5.74, 6) is -1.57. The van der Waals surface area contributed by atoms with Crippen LogP contribution in [0.5, 0.6) is 0 Å². The number of amides is 1. The lowest BCUT2D eigenvalue weighted by molar-refractivity contribution is -0.116. The molecule has 0 aliphatic carbocycles. The molecule has 1 N–H and O–H groups in total. The van der Waals surface area contributed by atoms with E-state index in [0.29, 0.717) is 10.7 Å². The predicted molar refractivity (Wildman–Crippen MR) is 137 cm³/mol. The summed E-state index contributed by atoms with van der Waals surface area (Å²) in [7, 11) is 0. The van der Waals surface area contributed by atoms with Gasteiger partial charge in [-0.2, -0.15) is 0 Å². The highest BCUT2D eigenvalue weighted by Gasteiger charge is 2.20. The van der Waals surface area contributed by atoms with E-state index in [0.717, 1.165) is 0 Å². The van der Waals surface area contributed by atoms with Gasteiger partial charge in [0, 0.05) is 22.5 Å². The van der Waals surface area contributed by atoms with Crippen LogP contribution in [0.3, 0.4) is 0 Å². The first-order valence-electron chi connectivity index (χ1n) is 11.2. The van der Waals surface area contributed by atoms with E-state index in [1.807, 2.05) is 0 Å². The Morgan fingerprint density at radius 1 is 1.03 bits per heavy atom. The number of hydrogen-bond donors (Lipinski definition) is 1. The molecule has 8 nitrogen and oxygen atoms in total. The zero-order valence-corrected chi connectivity index (χ0v) is 20.3. The number of anilines is 1. The van der Waals surface area contributed by atoms with Crippen LogP contribution >= 0.6 is 11.6 Å². The van der Waals surface area contributed by atoms with Crippen LogP contribution in [0.15, 0.2) is 71.7 Å². The van der Waals surface area contributed by atoms with E-state index in [2.05, 4.69) is 10.3 Å². The number of ketones is 1. The molecule has 2 heterocycles. The molecule has 2 aromatic heterocycles. The van der Waals surface area contributed by atoms with Gasteiger partial charge in [0.15, 0.2) is 5.78 Å². The average Bonchev–Trinajstić information content (AvgIpc) is 2.85. The number of nitrogens with one attached hydrogen (secondary N) is 1. The number of aryl methyl sites for hydroxylation is 1. The smallest absolute Gasteiger partial charge is 0.340 e. The molecule has 0 aliphatic heterocycles. The second-order valence-corrected chi connectivity index (χ2v) is 8.41. The predicted octanol–water partition coefficient (Wildman–Crippen LogP) is 4.40. The van der Waals surface area contributed by atoms with Gasteiger partial charge >= 0.3 is 5.97 Å². The molecule has 0 radical (unpaired) electrons. The van der Waals surface area contributed by atoms with Crippen molar-refractivity contribution >= 4 is 46.0 Å². The summed E-state index contributed by atoms with van der Waals surface area (Å²) in [4.78, 5) is 56.1. The SMILES string of the molecule is CCOC(=O)c1ccccc1NC(=O)Cn1cc(C(=O)c2cccc(Cl)c2)c(=O)c2ccc(C)nc21. The molecule has 36 heavy (non-hydrogen) atoms. The highest BCUT2D eigenvalue weighted by molar-refractivity contribution is 6.31. The molecule has 2 aromatic carbocycles. The number of benzene rings is 2. The minimum Gasteiger partial charge on any atom is -0.462 e. The Balaban J connectivity index is 1.74. The Morgan fingerprint density at radius 2 is 1.81 bits per heavy atom. The van der Waals surface area contributed by atoms with Crippen LogP contribution in [0.1, 0.15) is 38.9 Å². The second-order valence-electron chi connectivity index (χ2n) is 7.98. The van der Waals surface area contributed by atoms with Crippen LogP contribution in [0.4, 0.5) is 5.69 Å². The molecule has 0 saturated heterocycles. The number of pyridine rings is 2. The molecule has 0 saturated carbocycles. The summed E-state index contributed by atoms with van der Waals surface area (Å²) >= 11 is 6.03. The van der Waals surface area contributed by atoms with Crippen molar-refractivity contribution in [2.45, 2.75) is 20.4 Å². The molecule has 0 fully saturated rings. The number of para-hydroxylation sites is 1. The van der Waals surface area contributed by atoms with Gasteiger partial charge in [-0.3, -0.25) is 14.4 Å². The third kappa shape index (κ3) is 5.18. The third-order valence-electron chi connectivity index (χ3n) is 5.40. The zero-order valence-electron chi connectivity index (χ0n) is 19.6. The van der Waals surface area contributed by atoms with Gasteiger partial charge in [-0.15, -0.1) is 0 Å². The molecule has 0 bridgehead atoms. The van der Waals surface area contributed by atoms with Gasteiger partial charge in [-0.1, -0.05) is 35.9 Å². The van der Waals surface area contributed by atoms with Gasteiger partial charge in [-0.25, -0.2) is 9.78 Å². The number of esters is 1. The normalized spacial score (nSPS) is 10.8. The number of aromatic nitrogens is 2. The first-order chi connectivity index (χ1) is 17.3. The zero-order chi connectivity index (χ0) is 25.8. The summed E-state index contributed by atoms with van der Waals surface area (Å²) in [5.41, 5.74) is 1.03. The Morgan fingerprint density at radius 3 is 2.56 bits per heavy atom. The first-order valence-corrected chi connectivity index (χ1v) is 11.5. The third-order valence-corrected chi connectivity index (χ3v) is 5.64. The Hall–Kier alpha value is -4.30. The minimum atomic E-state index is -0.561. The highest BCUT2D eigenvalue weighted by Crippen LogP contribution is 2.19. The number of halogens is 1. The van der Waals surface area contributed by atoms with Crippen molar-refractivity contribution in [2.75, 3.05) is 11.9 Å². The van der Waals surface area contributed by atoms with E-state index < -0.39 is 23.1 Å². The largest absolute Gasteiger partial charge is 0.462 e. The molecule has 9 heteroatoms. The Kier molecular flexibility index (Phi) is 7.26. The van der Waals surface area contributed by atoms with E-state index in [4.69, 9.17) is 16.3 Å². The standard InChI is InChI=1S/C27H22ClN3O5/c1-3-36-27(35)19-9-4-5-10-22(19)30-23(32)15-31-14-21(24(33)17-7-6-8-18(28)13-17)25(34)20-12-11-16(2)29-26(20)31/h4-14H,3,15H2,1-2H3,(H,30,32). The lowest BCUT2D eigenvalue weighted by atomic mass is 10.0. The summed E-state index contributed by atoms with van der Waals surface area (Å²) in [6, 6.07) is 16.0. The van der Waals surface area contributed by atoms with Gasteiger partial charge in [-0.05, 0) is 50.2 Å². The van der Waals surface area contributed by atoms with Crippen molar-refractivity contribution < 1.29 is 19.1 Å². The molecular formula is C27H22ClN3O5. The molecule has 182 valence electrons. The monoisotopic (exact) mass is 503 g/mol. The minimum absolute atomic E-state index is 0.116. The molecule has 0 unspecified atom stereocenters. The number of nitrogens with zero attached hydrogens (tertiary/aromatic N) is 2. The maximum absolute atomic E-state index is 13.2. The molecule has 0 aliphatic rings. The van der Waals surface area contributed by atoms with Crippen molar-refractivity contribution in [3.63, 3.8) is 0 Å². The summed E-state index contributed by atoms with van der Waals surface area (Å²) < 4.78 is 6.51. The molecule has 4 rings (SSSR count). The van der Waals surface area contributed by atoms with E-state index in [-0.39, 0.29) is 46.6 Å². The lowest BCUT2D eigenvalue weighted by Gasteiger charge is -2.14. The number of fused-ring (bicyclic) bond motifs is 1. The van der Waals surface area contributed by atoms with Crippen LogP contribution < -0.4 is 10.7 Å². The van der Waals surface area contributed by atoms with E-state index in [9.17, 15) is 19.2 Å². The van der Waals surface area contributed by atoms with Gasteiger partial charge in [0.05, 0.1) is 28.8 Å². The Bertz CT molecular complexity index is 1560. The fraction of sp³-hybridized carbons (Fsp3) is 0.148. The van der Waals surface area contributed by atoms with Crippen LogP contribution in [-0.4, -0.2) is 33.8 Å². The molecular weight excluding hydrogens is 482 g/mol. The van der Waals surface area contributed by atoms with Crippen LogP contribution in [0.2, 0.25) is 5.02 Å². The van der Waals surface area contributed by atoms with Gasteiger partial charge in [0.2, 0.25) is 11.3 Å². The van der Waals surface area contributed by atoms with Crippen molar-refractivity contribution in [3.05, 3.63) is 104 Å². The van der Waals surface area contributed by atoms with Gasteiger partial charge in [0.1, 0.15) is 12.2 Å². The Labute approximate surface area is 211 Å². The van der Waals surface area contributed by atoms with Crippen molar-refractivity contribution in [2.24, 2.45) is 0 Å². The number of hydrogen-bond acceptors (Lipinski definition) is 6. The number of rotatable bonds is 7. The van der Waals surface area contributed by atoms with Crippen molar-refractivity contribution in [3.8, 4) is 0 Å². The summed E-state index contributed by atoms with van der Waals surface area (Å²) in [6.07, 6.45) is 1.33. The topological polar surface area (TPSA) is 107 Å². The van der Waals surface area contributed by atoms with Crippen molar-refractivity contribution in [1.82, 2.24) is 9.55 Å². The molecule has 0 atom stereocenters. The molecule has 0 spiro atoms. The quantitative estimate of drug-likeness (QED) is 0.296. The summed E-state index contributed by atoms with van der Waals surface area (Å²) in [6.45, 7) is 3.38. The average molecular weight is 504 g/mol. The first kappa shape index (κ1) is 24.8. The second kappa shape index (κ2) is 10.5. The maximum Gasteiger partial charge on any atom is 0.340 e. The molecule has 4 aromatic rings. The molecule has 1 amide bonds.